The molecule has 0 bridgehead atoms. The van der Waals surface area contributed by atoms with Crippen molar-refractivity contribution in [3.05, 3.63) is 65.2 Å². The second kappa shape index (κ2) is 4.55. The molecule has 2 aromatic rings. The summed E-state index contributed by atoms with van der Waals surface area (Å²) in [6, 6.07) is 15.2. The summed E-state index contributed by atoms with van der Waals surface area (Å²) in [5.41, 5.74) is 2.76. The van der Waals surface area contributed by atoms with E-state index in [-0.39, 0.29) is 0 Å². The predicted molar refractivity (Wildman–Crippen MR) is 65.3 cm³/mol. The van der Waals surface area contributed by atoms with E-state index in [1.807, 2.05) is 49.4 Å². The van der Waals surface area contributed by atoms with Crippen molar-refractivity contribution in [1.82, 2.24) is 0 Å². The minimum atomic E-state index is 0.310. The Bertz CT molecular complexity index is 545. The van der Waals surface area contributed by atoms with Crippen LogP contribution in [-0.4, -0.2) is 5.11 Å². The van der Waals surface area contributed by atoms with Crippen molar-refractivity contribution in [2.24, 2.45) is 0 Å². The van der Waals surface area contributed by atoms with E-state index in [0.29, 0.717) is 5.75 Å². The van der Waals surface area contributed by atoms with Gasteiger partial charge in [0.1, 0.15) is 5.75 Å². The maximum atomic E-state index is 9.38. The molecule has 1 nitrogen and oxygen atoms in total. The molecule has 2 aromatic carbocycles. The standard InChI is InChI=1S/C15H12O/c1-12-11-14(9-10-15(12)16)8-7-13-5-3-2-4-6-13/h2-6,9-11,16H,1H3. The van der Waals surface area contributed by atoms with Gasteiger partial charge in [-0.05, 0) is 42.8 Å². The molecule has 0 spiro atoms. The van der Waals surface area contributed by atoms with Gasteiger partial charge in [-0.15, -0.1) is 0 Å². The molecule has 1 heteroatoms. The summed E-state index contributed by atoms with van der Waals surface area (Å²) in [6.07, 6.45) is 0. The Labute approximate surface area is 95.4 Å². The quantitative estimate of drug-likeness (QED) is 0.659. The predicted octanol–water partition coefficient (Wildman–Crippen LogP) is 3.10. The van der Waals surface area contributed by atoms with Gasteiger partial charge in [0.25, 0.3) is 0 Å². The smallest absolute Gasteiger partial charge is 0.118 e. The van der Waals surface area contributed by atoms with E-state index < -0.39 is 0 Å². The van der Waals surface area contributed by atoms with E-state index in [0.717, 1.165) is 16.7 Å². The molecular formula is C15H12O. The third-order valence-electron chi connectivity index (χ3n) is 2.32. The highest BCUT2D eigenvalue weighted by Crippen LogP contribution is 2.16. The van der Waals surface area contributed by atoms with Crippen LogP contribution in [0.2, 0.25) is 0 Å². The monoisotopic (exact) mass is 208 g/mol. The van der Waals surface area contributed by atoms with E-state index in [9.17, 15) is 5.11 Å². The number of aryl methyl sites for hydroxylation is 1. The summed E-state index contributed by atoms with van der Waals surface area (Å²) >= 11 is 0. The van der Waals surface area contributed by atoms with Crippen molar-refractivity contribution >= 4 is 0 Å². The van der Waals surface area contributed by atoms with Gasteiger partial charge in [-0.2, -0.15) is 0 Å². The minimum absolute atomic E-state index is 0.310. The molecule has 0 amide bonds. The van der Waals surface area contributed by atoms with Gasteiger partial charge in [0.2, 0.25) is 0 Å². The van der Waals surface area contributed by atoms with E-state index >= 15 is 0 Å². The number of hydrogen-bond acceptors (Lipinski definition) is 1. The third-order valence-corrected chi connectivity index (χ3v) is 2.32. The fourth-order valence-electron chi connectivity index (χ4n) is 1.40. The highest BCUT2D eigenvalue weighted by atomic mass is 16.3. The van der Waals surface area contributed by atoms with Crippen LogP contribution >= 0.6 is 0 Å². The SMILES string of the molecule is Cc1cc(C#Cc2ccccc2)ccc1O. The van der Waals surface area contributed by atoms with Gasteiger partial charge in [0.15, 0.2) is 0 Å². The number of rotatable bonds is 0. The molecule has 0 aliphatic heterocycles. The number of phenols is 1. The molecule has 0 fully saturated rings. The zero-order chi connectivity index (χ0) is 11.4. The molecule has 0 heterocycles. The molecule has 1 N–H and O–H groups in total. The van der Waals surface area contributed by atoms with Crippen molar-refractivity contribution in [2.45, 2.75) is 6.92 Å². The van der Waals surface area contributed by atoms with Gasteiger partial charge in [0, 0.05) is 11.1 Å². The van der Waals surface area contributed by atoms with Crippen LogP contribution in [0.1, 0.15) is 16.7 Å². The normalized spacial score (nSPS) is 9.31. The fraction of sp³-hybridized carbons (Fsp3) is 0.0667. The van der Waals surface area contributed by atoms with Crippen LogP contribution < -0.4 is 0 Å². The number of hydrogen-bond donors (Lipinski definition) is 1. The lowest BCUT2D eigenvalue weighted by Crippen LogP contribution is -1.79. The summed E-state index contributed by atoms with van der Waals surface area (Å²) in [5.74, 6) is 6.45. The average molecular weight is 208 g/mol. The molecule has 0 aliphatic rings. The zero-order valence-corrected chi connectivity index (χ0v) is 9.07. The molecule has 0 aromatic heterocycles. The maximum absolute atomic E-state index is 9.38. The van der Waals surface area contributed by atoms with E-state index in [1.54, 1.807) is 6.07 Å². The van der Waals surface area contributed by atoms with Gasteiger partial charge in [-0.3, -0.25) is 0 Å². The Morgan fingerprint density at radius 3 is 2.25 bits per heavy atom. The van der Waals surface area contributed by atoms with Crippen LogP contribution in [0.25, 0.3) is 0 Å². The van der Waals surface area contributed by atoms with Crippen molar-refractivity contribution in [3.8, 4) is 17.6 Å². The molecule has 0 saturated heterocycles. The Hall–Kier alpha value is -2.20. The summed E-state index contributed by atoms with van der Waals surface area (Å²) < 4.78 is 0. The van der Waals surface area contributed by atoms with Crippen molar-refractivity contribution in [3.63, 3.8) is 0 Å². The topological polar surface area (TPSA) is 20.2 Å². The molecule has 0 unspecified atom stereocenters. The first kappa shape index (κ1) is 10.3. The Morgan fingerprint density at radius 1 is 0.875 bits per heavy atom. The van der Waals surface area contributed by atoms with Gasteiger partial charge < -0.3 is 5.11 Å². The van der Waals surface area contributed by atoms with Crippen molar-refractivity contribution < 1.29 is 5.11 Å². The van der Waals surface area contributed by atoms with Crippen LogP contribution in [0.3, 0.4) is 0 Å². The van der Waals surface area contributed by atoms with Gasteiger partial charge in [-0.25, -0.2) is 0 Å². The highest BCUT2D eigenvalue weighted by molar-refractivity contribution is 5.46. The first-order valence-electron chi connectivity index (χ1n) is 5.12. The first-order valence-corrected chi connectivity index (χ1v) is 5.12. The number of aromatic hydroxyl groups is 1. The molecule has 0 radical (unpaired) electrons. The summed E-state index contributed by atoms with van der Waals surface area (Å²) in [6.45, 7) is 1.86. The van der Waals surface area contributed by atoms with E-state index in [1.165, 1.54) is 0 Å². The van der Waals surface area contributed by atoms with Crippen LogP contribution in [0.4, 0.5) is 0 Å². The molecule has 0 aliphatic carbocycles. The van der Waals surface area contributed by atoms with Crippen molar-refractivity contribution in [1.29, 1.82) is 0 Å². The lowest BCUT2D eigenvalue weighted by atomic mass is 10.1. The first-order chi connectivity index (χ1) is 7.75. The Kier molecular flexibility index (Phi) is 2.93. The van der Waals surface area contributed by atoms with Gasteiger partial charge in [-0.1, -0.05) is 30.0 Å². The largest absolute Gasteiger partial charge is 0.508 e. The zero-order valence-electron chi connectivity index (χ0n) is 9.07. The second-order valence-corrected chi connectivity index (χ2v) is 3.62. The lowest BCUT2D eigenvalue weighted by molar-refractivity contribution is 0.471. The van der Waals surface area contributed by atoms with Crippen LogP contribution in [0.5, 0.6) is 5.75 Å². The van der Waals surface area contributed by atoms with Crippen LogP contribution in [0.15, 0.2) is 48.5 Å². The van der Waals surface area contributed by atoms with Gasteiger partial charge in [0.05, 0.1) is 0 Å². The Morgan fingerprint density at radius 2 is 1.56 bits per heavy atom. The Balaban J connectivity index is 2.28. The third kappa shape index (κ3) is 2.43. The lowest BCUT2D eigenvalue weighted by Gasteiger charge is -1.97. The minimum Gasteiger partial charge on any atom is -0.508 e. The summed E-state index contributed by atoms with van der Waals surface area (Å²) in [7, 11) is 0. The molecule has 16 heavy (non-hydrogen) atoms. The molecule has 0 saturated carbocycles. The average Bonchev–Trinajstić information content (AvgIpc) is 2.32. The maximum Gasteiger partial charge on any atom is 0.118 e. The molecular weight excluding hydrogens is 196 g/mol. The fourth-order valence-corrected chi connectivity index (χ4v) is 1.40. The molecule has 0 atom stereocenters. The van der Waals surface area contributed by atoms with Crippen LogP contribution in [0, 0.1) is 18.8 Å². The van der Waals surface area contributed by atoms with Crippen molar-refractivity contribution in [2.75, 3.05) is 0 Å². The highest BCUT2D eigenvalue weighted by Gasteiger charge is 1.94. The summed E-state index contributed by atoms with van der Waals surface area (Å²) in [4.78, 5) is 0. The van der Waals surface area contributed by atoms with E-state index in [4.69, 9.17) is 0 Å². The number of phenolic OH excluding ortho intramolecular Hbond substituents is 1. The number of benzene rings is 2. The molecule has 2 rings (SSSR count). The van der Waals surface area contributed by atoms with E-state index in [2.05, 4.69) is 11.8 Å². The second-order valence-electron chi connectivity index (χ2n) is 3.62. The van der Waals surface area contributed by atoms with Gasteiger partial charge >= 0.3 is 0 Å². The summed E-state index contributed by atoms with van der Waals surface area (Å²) in [5, 5.41) is 9.38. The molecule has 78 valence electrons. The van der Waals surface area contributed by atoms with Crippen LogP contribution in [-0.2, 0) is 0 Å².